The Balaban J connectivity index is 3.02. The average molecular weight is 216 g/mol. The van der Waals surface area contributed by atoms with Gasteiger partial charge in [0.2, 0.25) is 0 Å². The second kappa shape index (κ2) is 5.32. The van der Waals surface area contributed by atoms with E-state index in [2.05, 4.69) is 12.2 Å². The quantitative estimate of drug-likeness (QED) is 0.810. The molecule has 1 nitrogen and oxygen atoms in total. The number of nitrogens with one attached hydrogen (secondary N) is 1. The third-order valence-corrected chi connectivity index (χ3v) is 2.60. The standard InChI is InChI=1S/C11H15ClFN/c1-3-5-10(14-2)11-8(12)6-4-7-9(11)13/h4,6-7,10,14H,3,5H2,1-2H3. The van der Waals surface area contributed by atoms with Crippen LogP contribution in [0.15, 0.2) is 18.2 Å². The second-order valence-electron chi connectivity index (χ2n) is 3.27. The van der Waals surface area contributed by atoms with Crippen molar-refractivity contribution >= 4 is 11.6 Å². The third kappa shape index (κ3) is 2.46. The van der Waals surface area contributed by atoms with E-state index in [4.69, 9.17) is 11.6 Å². The van der Waals surface area contributed by atoms with E-state index in [-0.39, 0.29) is 11.9 Å². The first-order valence-electron chi connectivity index (χ1n) is 4.81. The van der Waals surface area contributed by atoms with Gasteiger partial charge in [0.05, 0.1) is 0 Å². The van der Waals surface area contributed by atoms with Gasteiger partial charge in [0, 0.05) is 16.6 Å². The molecule has 0 aromatic heterocycles. The van der Waals surface area contributed by atoms with Crippen molar-refractivity contribution in [1.82, 2.24) is 5.32 Å². The molecule has 1 rings (SSSR count). The molecular formula is C11H15ClFN. The van der Waals surface area contributed by atoms with Crippen LogP contribution in [0.5, 0.6) is 0 Å². The van der Waals surface area contributed by atoms with Crippen LogP contribution in [0.25, 0.3) is 0 Å². The van der Waals surface area contributed by atoms with Crippen molar-refractivity contribution in [2.24, 2.45) is 0 Å². The van der Waals surface area contributed by atoms with Gasteiger partial charge in [-0.05, 0) is 25.6 Å². The molecule has 0 aliphatic heterocycles. The van der Waals surface area contributed by atoms with E-state index in [1.165, 1.54) is 6.07 Å². The van der Waals surface area contributed by atoms with E-state index in [0.29, 0.717) is 10.6 Å². The Bertz CT molecular complexity index is 281. The minimum Gasteiger partial charge on any atom is -0.313 e. The van der Waals surface area contributed by atoms with Crippen molar-refractivity contribution in [1.29, 1.82) is 0 Å². The zero-order valence-corrected chi connectivity index (χ0v) is 9.24. The lowest BCUT2D eigenvalue weighted by Crippen LogP contribution is -2.17. The molecule has 78 valence electrons. The summed E-state index contributed by atoms with van der Waals surface area (Å²) in [7, 11) is 1.82. The molecular weight excluding hydrogens is 201 g/mol. The Morgan fingerprint density at radius 3 is 2.71 bits per heavy atom. The lowest BCUT2D eigenvalue weighted by Gasteiger charge is -2.17. The average Bonchev–Trinajstić information content (AvgIpc) is 2.16. The normalized spacial score (nSPS) is 12.9. The Labute approximate surface area is 89.3 Å². The highest BCUT2D eigenvalue weighted by Gasteiger charge is 2.15. The van der Waals surface area contributed by atoms with Crippen molar-refractivity contribution in [3.8, 4) is 0 Å². The highest BCUT2D eigenvalue weighted by Crippen LogP contribution is 2.28. The summed E-state index contributed by atoms with van der Waals surface area (Å²) in [6.45, 7) is 2.07. The first-order chi connectivity index (χ1) is 6.70. The molecule has 1 atom stereocenters. The maximum absolute atomic E-state index is 13.5. The molecule has 0 saturated heterocycles. The molecule has 1 N–H and O–H groups in total. The van der Waals surface area contributed by atoms with Crippen LogP contribution in [-0.4, -0.2) is 7.05 Å². The minimum atomic E-state index is -0.231. The van der Waals surface area contributed by atoms with Gasteiger partial charge in [-0.15, -0.1) is 0 Å². The monoisotopic (exact) mass is 215 g/mol. The van der Waals surface area contributed by atoms with Crippen LogP contribution in [0.3, 0.4) is 0 Å². The lowest BCUT2D eigenvalue weighted by molar-refractivity contribution is 0.504. The van der Waals surface area contributed by atoms with E-state index >= 15 is 0 Å². The van der Waals surface area contributed by atoms with Crippen molar-refractivity contribution in [2.45, 2.75) is 25.8 Å². The van der Waals surface area contributed by atoms with Gasteiger partial charge >= 0.3 is 0 Å². The summed E-state index contributed by atoms with van der Waals surface area (Å²) in [5.74, 6) is -0.231. The highest BCUT2D eigenvalue weighted by atomic mass is 35.5. The molecule has 0 spiro atoms. The summed E-state index contributed by atoms with van der Waals surface area (Å²) in [6, 6.07) is 4.80. The van der Waals surface area contributed by atoms with E-state index < -0.39 is 0 Å². The van der Waals surface area contributed by atoms with Gasteiger partial charge in [-0.3, -0.25) is 0 Å². The fourth-order valence-electron chi connectivity index (χ4n) is 1.57. The van der Waals surface area contributed by atoms with E-state index in [1.54, 1.807) is 12.1 Å². The smallest absolute Gasteiger partial charge is 0.129 e. The number of hydrogen-bond donors (Lipinski definition) is 1. The van der Waals surface area contributed by atoms with E-state index in [1.807, 2.05) is 7.05 Å². The third-order valence-electron chi connectivity index (χ3n) is 2.27. The van der Waals surface area contributed by atoms with Gasteiger partial charge < -0.3 is 5.32 Å². The van der Waals surface area contributed by atoms with Crippen molar-refractivity contribution in [3.63, 3.8) is 0 Å². The van der Waals surface area contributed by atoms with Gasteiger partial charge in [0.1, 0.15) is 5.82 Å². The number of hydrogen-bond acceptors (Lipinski definition) is 1. The van der Waals surface area contributed by atoms with Crippen molar-refractivity contribution in [2.75, 3.05) is 7.05 Å². The van der Waals surface area contributed by atoms with Gasteiger partial charge in [0.15, 0.2) is 0 Å². The summed E-state index contributed by atoms with van der Waals surface area (Å²) in [4.78, 5) is 0. The number of benzene rings is 1. The van der Waals surface area contributed by atoms with Crippen LogP contribution in [0.1, 0.15) is 31.4 Å². The van der Waals surface area contributed by atoms with Crippen molar-refractivity contribution < 1.29 is 4.39 Å². The molecule has 1 aromatic carbocycles. The molecule has 0 radical (unpaired) electrons. The molecule has 0 fully saturated rings. The molecule has 1 unspecified atom stereocenters. The van der Waals surface area contributed by atoms with E-state index in [9.17, 15) is 4.39 Å². The number of rotatable bonds is 4. The molecule has 0 amide bonds. The molecule has 0 aliphatic carbocycles. The Morgan fingerprint density at radius 2 is 2.21 bits per heavy atom. The van der Waals surface area contributed by atoms with Crippen LogP contribution in [0, 0.1) is 5.82 Å². The minimum absolute atomic E-state index is 0.00806. The summed E-state index contributed by atoms with van der Waals surface area (Å²) < 4.78 is 13.5. The molecule has 0 heterocycles. The molecule has 0 bridgehead atoms. The Kier molecular flexibility index (Phi) is 4.36. The zero-order chi connectivity index (χ0) is 10.6. The predicted octanol–water partition coefficient (Wildman–Crippen LogP) is 3.54. The summed E-state index contributed by atoms with van der Waals surface area (Å²) in [5.41, 5.74) is 0.582. The van der Waals surface area contributed by atoms with Gasteiger partial charge in [-0.1, -0.05) is 31.0 Å². The Morgan fingerprint density at radius 1 is 1.50 bits per heavy atom. The first kappa shape index (κ1) is 11.5. The van der Waals surface area contributed by atoms with Gasteiger partial charge in [-0.25, -0.2) is 4.39 Å². The molecule has 0 aliphatic rings. The SMILES string of the molecule is CCCC(NC)c1c(F)cccc1Cl. The Hall–Kier alpha value is -0.600. The van der Waals surface area contributed by atoms with Crippen molar-refractivity contribution in [3.05, 3.63) is 34.6 Å². The summed E-state index contributed by atoms with van der Waals surface area (Å²) >= 11 is 5.96. The maximum atomic E-state index is 13.5. The summed E-state index contributed by atoms with van der Waals surface area (Å²) in [6.07, 6.45) is 1.88. The van der Waals surface area contributed by atoms with Crippen LogP contribution < -0.4 is 5.32 Å². The summed E-state index contributed by atoms with van der Waals surface area (Å²) in [5, 5.41) is 3.57. The molecule has 0 saturated carbocycles. The highest BCUT2D eigenvalue weighted by molar-refractivity contribution is 6.31. The van der Waals surface area contributed by atoms with Gasteiger partial charge in [0.25, 0.3) is 0 Å². The molecule has 1 aromatic rings. The fraction of sp³-hybridized carbons (Fsp3) is 0.455. The largest absolute Gasteiger partial charge is 0.313 e. The van der Waals surface area contributed by atoms with Crippen LogP contribution >= 0.6 is 11.6 Å². The second-order valence-corrected chi connectivity index (χ2v) is 3.67. The topological polar surface area (TPSA) is 12.0 Å². The number of halogens is 2. The lowest BCUT2D eigenvalue weighted by atomic mass is 10.0. The molecule has 3 heteroatoms. The van der Waals surface area contributed by atoms with Crippen LogP contribution in [0.2, 0.25) is 5.02 Å². The van der Waals surface area contributed by atoms with Gasteiger partial charge in [-0.2, -0.15) is 0 Å². The van der Waals surface area contributed by atoms with Crippen LogP contribution in [-0.2, 0) is 0 Å². The fourth-order valence-corrected chi connectivity index (χ4v) is 1.86. The molecule has 14 heavy (non-hydrogen) atoms. The first-order valence-corrected chi connectivity index (χ1v) is 5.19. The maximum Gasteiger partial charge on any atom is 0.129 e. The zero-order valence-electron chi connectivity index (χ0n) is 8.48. The van der Waals surface area contributed by atoms with E-state index in [0.717, 1.165) is 12.8 Å². The van der Waals surface area contributed by atoms with Crippen LogP contribution in [0.4, 0.5) is 4.39 Å². The predicted molar refractivity (Wildman–Crippen MR) is 58.1 cm³/mol.